The van der Waals surface area contributed by atoms with Crippen molar-refractivity contribution in [1.29, 1.82) is 0 Å². The summed E-state index contributed by atoms with van der Waals surface area (Å²) < 4.78 is 36.6. The van der Waals surface area contributed by atoms with E-state index in [0.29, 0.717) is 5.75 Å². The van der Waals surface area contributed by atoms with Crippen LogP contribution in [0.1, 0.15) is 102 Å². The van der Waals surface area contributed by atoms with Gasteiger partial charge in [-0.1, -0.05) is 41.6 Å². The lowest BCUT2D eigenvalue weighted by atomic mass is 9.49. The van der Waals surface area contributed by atoms with Crippen molar-refractivity contribution in [3.63, 3.8) is 0 Å². The molecule has 12 heteroatoms. The van der Waals surface area contributed by atoms with Crippen LogP contribution in [0.4, 0.5) is 0 Å². The first-order chi connectivity index (χ1) is 19.8. The Balaban J connectivity index is 0.000000245. The molecule has 3 aliphatic rings. The van der Waals surface area contributed by atoms with Gasteiger partial charge in [-0.2, -0.15) is 0 Å². The highest BCUT2D eigenvalue weighted by Gasteiger charge is 2.63. The molecule has 2 aromatic rings. The Morgan fingerprint density at radius 3 is 1.13 bits per heavy atom. The van der Waals surface area contributed by atoms with E-state index in [9.17, 15) is 5.11 Å². The molecule has 3 heterocycles. The Hall–Kier alpha value is -1.53. The van der Waals surface area contributed by atoms with E-state index >= 15 is 0 Å². The van der Waals surface area contributed by atoms with Gasteiger partial charge in [0, 0.05) is 4.47 Å². The monoisotopic (exact) mass is 690 g/mol. The van der Waals surface area contributed by atoms with Gasteiger partial charge in [0.25, 0.3) is 0 Å². The summed E-state index contributed by atoms with van der Waals surface area (Å²) >= 11 is 3.24. The lowest BCUT2D eigenvalue weighted by molar-refractivity contribution is 0.00578. The number of hydrogen-bond acceptors (Lipinski definition) is 8. The minimum atomic E-state index is -0.476. The van der Waals surface area contributed by atoms with Crippen molar-refractivity contribution < 1.29 is 38.1 Å². The van der Waals surface area contributed by atoms with Crippen molar-refractivity contribution in [2.45, 2.75) is 138 Å². The van der Waals surface area contributed by atoms with Crippen molar-refractivity contribution in [2.75, 3.05) is 0 Å². The van der Waals surface area contributed by atoms with Gasteiger partial charge in [0.05, 0.1) is 33.6 Å². The molecule has 0 spiro atoms. The Morgan fingerprint density at radius 1 is 0.511 bits per heavy atom. The highest BCUT2D eigenvalue weighted by atomic mass is 79.9. The average Bonchev–Trinajstić information content (AvgIpc) is 3.33. The van der Waals surface area contributed by atoms with Crippen LogP contribution in [-0.4, -0.2) is 65.0 Å². The molecule has 3 fully saturated rings. The molecule has 0 bridgehead atoms. The van der Waals surface area contributed by atoms with E-state index in [0.717, 1.165) is 21.1 Å². The van der Waals surface area contributed by atoms with Crippen LogP contribution in [0.3, 0.4) is 0 Å². The molecule has 5 rings (SSSR count). The van der Waals surface area contributed by atoms with Crippen LogP contribution in [0.2, 0.25) is 0 Å². The average molecular weight is 691 g/mol. The summed E-state index contributed by atoms with van der Waals surface area (Å²) in [6.07, 6.45) is 0. The third-order valence-electron chi connectivity index (χ3n) is 9.69. The van der Waals surface area contributed by atoms with Gasteiger partial charge in [-0.25, -0.2) is 0 Å². The summed E-state index contributed by atoms with van der Waals surface area (Å²) in [6, 6.07) is 10.9. The quantitative estimate of drug-likeness (QED) is 0.316. The van der Waals surface area contributed by atoms with Gasteiger partial charge in [0.1, 0.15) is 11.5 Å². The summed E-state index contributed by atoms with van der Waals surface area (Å²) in [4.78, 5) is 0. The topological polar surface area (TPSA) is 95.8 Å². The molecular weight excluding hydrogens is 637 g/mol. The Bertz CT molecular complexity index is 1250. The number of rotatable bonds is 2. The smallest absolute Gasteiger partial charge is 0.494 e. The number of halogens is 1. The van der Waals surface area contributed by atoms with E-state index in [4.69, 9.17) is 33.0 Å². The van der Waals surface area contributed by atoms with Gasteiger partial charge >= 0.3 is 21.1 Å². The van der Waals surface area contributed by atoms with E-state index in [1.165, 1.54) is 0 Å². The maximum Gasteiger partial charge on any atom is 0.494 e. The Morgan fingerprint density at radius 2 is 0.822 bits per heavy atom. The SMILES string of the molecule is C.CC1(C)OB(B2OC(C)(C)C(C)(C)O2)OC1(C)C.Cc1ccc(B2OC(C)(C)C(C)(C)O2)cc1O.Cc1ccc(Br)cc1O. The summed E-state index contributed by atoms with van der Waals surface area (Å²) in [5, 5.41) is 18.8. The first-order valence-electron chi connectivity index (χ1n) is 15.1. The van der Waals surface area contributed by atoms with Gasteiger partial charge in [-0.3, -0.25) is 0 Å². The minimum absolute atomic E-state index is 0. The fraction of sp³-hybridized carbons (Fsp3) is 0.636. The van der Waals surface area contributed by atoms with Crippen molar-refractivity contribution in [2.24, 2.45) is 0 Å². The zero-order valence-electron chi connectivity index (χ0n) is 28.9. The number of hydrogen-bond donors (Lipinski definition) is 2. The van der Waals surface area contributed by atoms with E-state index < -0.39 is 21.1 Å². The maximum absolute atomic E-state index is 9.71. The van der Waals surface area contributed by atoms with Crippen molar-refractivity contribution in [3.05, 3.63) is 52.0 Å². The highest BCUT2D eigenvalue weighted by Crippen LogP contribution is 2.43. The normalized spacial score (nSPS) is 23.0. The first kappa shape index (κ1) is 39.7. The zero-order chi connectivity index (χ0) is 33.7. The third-order valence-corrected chi connectivity index (χ3v) is 10.2. The minimum Gasteiger partial charge on any atom is -0.508 e. The highest BCUT2D eigenvalue weighted by molar-refractivity contribution is 9.10. The number of phenolic OH excluding ortho intramolecular Hbond substituents is 2. The van der Waals surface area contributed by atoms with Crippen LogP contribution in [0.5, 0.6) is 11.5 Å². The predicted molar refractivity (Wildman–Crippen MR) is 188 cm³/mol. The fourth-order valence-electron chi connectivity index (χ4n) is 4.33. The predicted octanol–water partition coefficient (Wildman–Crippen LogP) is 7.35. The van der Waals surface area contributed by atoms with Crippen LogP contribution in [-0.2, 0) is 27.9 Å². The van der Waals surface area contributed by atoms with Crippen LogP contribution < -0.4 is 5.46 Å². The summed E-state index contributed by atoms with van der Waals surface area (Å²) in [7, 11) is -1.36. The lowest BCUT2D eigenvalue weighted by Crippen LogP contribution is -2.41. The molecule has 0 radical (unpaired) electrons. The van der Waals surface area contributed by atoms with E-state index in [1.807, 2.05) is 121 Å². The standard InChI is InChI=1S/C13H19BO3.C12H24B2O4.C7H7BrO.CH4/c1-9-6-7-10(8-11(9)15)14-16-12(2,3)13(4,5)17-14;1-9(2)10(3,4)16-13(15-9)14-17-11(5,6)12(7,8)18-14;1-5-2-3-6(8)4-7(5)9;/h6-8,15H,1-5H3;1-8H3;2-4,9H,1H3;1H4. The van der Waals surface area contributed by atoms with E-state index in [1.54, 1.807) is 12.1 Å². The molecule has 0 saturated carbocycles. The summed E-state index contributed by atoms with van der Waals surface area (Å²) in [6.45, 7) is 28.0. The fourth-order valence-corrected chi connectivity index (χ4v) is 4.68. The molecule has 0 amide bonds. The van der Waals surface area contributed by atoms with Crippen molar-refractivity contribution in [3.8, 4) is 11.5 Å². The van der Waals surface area contributed by atoms with E-state index in [-0.39, 0.29) is 46.8 Å². The molecule has 0 aliphatic carbocycles. The molecule has 3 aliphatic heterocycles. The number of phenols is 2. The number of aromatic hydroxyl groups is 2. The van der Waals surface area contributed by atoms with Gasteiger partial charge in [-0.15, -0.1) is 0 Å². The first-order valence-corrected chi connectivity index (χ1v) is 15.9. The number of benzene rings is 2. The van der Waals surface area contributed by atoms with Crippen LogP contribution in [0.15, 0.2) is 40.9 Å². The largest absolute Gasteiger partial charge is 0.508 e. The second-order valence-corrected chi connectivity index (χ2v) is 15.7. The molecule has 3 saturated heterocycles. The lowest BCUT2D eigenvalue weighted by Gasteiger charge is -2.32. The van der Waals surface area contributed by atoms with Crippen LogP contribution >= 0.6 is 15.9 Å². The Labute approximate surface area is 281 Å². The molecule has 45 heavy (non-hydrogen) atoms. The summed E-state index contributed by atoms with van der Waals surface area (Å²) in [5.41, 5.74) is 0.469. The van der Waals surface area contributed by atoms with Gasteiger partial charge in [-0.05, 0) is 132 Å². The van der Waals surface area contributed by atoms with Crippen LogP contribution in [0.25, 0.3) is 0 Å². The Kier molecular flexibility index (Phi) is 11.9. The second-order valence-electron chi connectivity index (χ2n) is 14.8. The molecule has 0 atom stereocenters. The molecule has 2 N–H and O–H groups in total. The van der Waals surface area contributed by atoms with Crippen molar-refractivity contribution >= 4 is 42.5 Å². The molecule has 8 nitrogen and oxygen atoms in total. The molecule has 0 aromatic heterocycles. The van der Waals surface area contributed by atoms with Crippen LogP contribution in [0, 0.1) is 13.8 Å². The van der Waals surface area contributed by atoms with Gasteiger partial charge in [0.2, 0.25) is 0 Å². The maximum atomic E-state index is 9.71. The third kappa shape index (κ3) is 8.69. The molecule has 0 unspecified atom stereocenters. The van der Waals surface area contributed by atoms with Gasteiger partial charge < -0.3 is 38.1 Å². The molecule has 2 aromatic carbocycles. The van der Waals surface area contributed by atoms with Crippen molar-refractivity contribution in [1.82, 2.24) is 0 Å². The van der Waals surface area contributed by atoms with Gasteiger partial charge in [0.15, 0.2) is 0 Å². The molecular formula is C33H54B3BrO8. The zero-order valence-corrected chi connectivity index (χ0v) is 30.5. The second kappa shape index (κ2) is 13.5. The molecule has 250 valence electrons. The number of aryl methyl sites for hydroxylation is 2. The summed E-state index contributed by atoms with van der Waals surface area (Å²) in [5.74, 6) is 0.613. The van der Waals surface area contributed by atoms with E-state index in [2.05, 4.69) is 15.9 Å².